The molecule has 0 heterocycles. The van der Waals surface area contributed by atoms with E-state index in [2.05, 4.69) is 10.6 Å². The maximum Gasteiger partial charge on any atom is 0.239 e. The molecule has 3 N–H and O–H groups in total. The number of rotatable bonds is 10. The molecule has 2 amide bonds. The second kappa shape index (κ2) is 11.7. The van der Waals surface area contributed by atoms with E-state index in [0.717, 1.165) is 23.2 Å². The molecule has 0 spiro atoms. The normalized spacial score (nSPS) is 11.5. The Morgan fingerprint density at radius 1 is 0.939 bits per heavy atom. The van der Waals surface area contributed by atoms with Crippen LogP contribution in [0.15, 0.2) is 78.9 Å². The first-order valence-electron chi connectivity index (χ1n) is 10.8. The van der Waals surface area contributed by atoms with E-state index in [1.807, 2.05) is 35.2 Å². The van der Waals surface area contributed by atoms with Crippen LogP contribution >= 0.6 is 0 Å². The fraction of sp³-hybridized carbons (Fsp3) is 0.231. The number of nitrogens with zero attached hydrogens (tertiary/aromatic N) is 1. The van der Waals surface area contributed by atoms with E-state index >= 15 is 0 Å². The van der Waals surface area contributed by atoms with Crippen molar-refractivity contribution < 1.29 is 19.1 Å². The summed E-state index contributed by atoms with van der Waals surface area (Å²) >= 11 is 0. The van der Waals surface area contributed by atoms with Gasteiger partial charge in [-0.2, -0.15) is 0 Å². The third-order valence-corrected chi connectivity index (χ3v) is 5.26. The molecule has 0 bridgehead atoms. The molecule has 0 aliphatic heterocycles. The lowest BCUT2D eigenvalue weighted by molar-refractivity contribution is -0.125. The van der Waals surface area contributed by atoms with Crippen molar-refractivity contribution in [1.29, 1.82) is 0 Å². The summed E-state index contributed by atoms with van der Waals surface area (Å²) in [5, 5.41) is 15.0. The first kappa shape index (κ1) is 23.8. The molecular formula is C26H28FN3O3. The number of hydrogen-bond donors (Lipinski definition) is 3. The second-order valence-electron chi connectivity index (χ2n) is 7.79. The molecule has 0 radical (unpaired) electrons. The summed E-state index contributed by atoms with van der Waals surface area (Å²) in [6, 6.07) is 22.2. The van der Waals surface area contributed by atoms with Gasteiger partial charge in [-0.05, 0) is 60.9 Å². The average Bonchev–Trinajstić information content (AvgIpc) is 2.82. The first-order chi connectivity index (χ1) is 15.9. The maximum atomic E-state index is 13.1. The van der Waals surface area contributed by atoms with Gasteiger partial charge in [-0.25, -0.2) is 4.39 Å². The van der Waals surface area contributed by atoms with Gasteiger partial charge < -0.3 is 20.6 Å². The Bertz CT molecular complexity index is 1040. The van der Waals surface area contributed by atoms with Crippen LogP contribution in [0.2, 0.25) is 0 Å². The van der Waals surface area contributed by atoms with Gasteiger partial charge in [0, 0.05) is 12.2 Å². The largest absolute Gasteiger partial charge is 0.508 e. The summed E-state index contributed by atoms with van der Waals surface area (Å²) in [4.78, 5) is 26.7. The highest BCUT2D eigenvalue weighted by molar-refractivity contribution is 5.87. The molecule has 0 aromatic heterocycles. The van der Waals surface area contributed by atoms with Crippen molar-refractivity contribution in [2.24, 2.45) is 0 Å². The van der Waals surface area contributed by atoms with Crippen LogP contribution in [0.3, 0.4) is 0 Å². The maximum absolute atomic E-state index is 13.1. The van der Waals surface area contributed by atoms with Crippen LogP contribution in [0.5, 0.6) is 5.75 Å². The Balaban J connectivity index is 1.54. The number of hydrogen-bond acceptors (Lipinski definition) is 4. The third-order valence-electron chi connectivity index (χ3n) is 5.26. The van der Waals surface area contributed by atoms with Crippen LogP contribution in [-0.2, 0) is 16.0 Å². The number of phenolic OH excluding ortho intramolecular Hbond substituents is 1. The van der Waals surface area contributed by atoms with Crippen molar-refractivity contribution in [1.82, 2.24) is 10.6 Å². The fourth-order valence-electron chi connectivity index (χ4n) is 3.41. The highest BCUT2D eigenvalue weighted by Gasteiger charge is 2.15. The van der Waals surface area contributed by atoms with Gasteiger partial charge in [0.15, 0.2) is 0 Å². The molecule has 0 fully saturated rings. The van der Waals surface area contributed by atoms with E-state index in [1.165, 1.54) is 12.1 Å². The van der Waals surface area contributed by atoms with Gasteiger partial charge in [-0.3, -0.25) is 9.59 Å². The van der Waals surface area contributed by atoms with Gasteiger partial charge in [0.25, 0.3) is 0 Å². The Morgan fingerprint density at radius 2 is 1.61 bits per heavy atom. The minimum absolute atomic E-state index is 0.0679. The van der Waals surface area contributed by atoms with Gasteiger partial charge in [0.05, 0.1) is 19.1 Å². The smallest absolute Gasteiger partial charge is 0.239 e. The minimum atomic E-state index is -0.338. The molecule has 1 unspecified atom stereocenters. The SMILES string of the molecule is CC(NC(=O)CNC(=O)CN(CCc1ccccc1)c1ccc(O)cc1)c1ccc(F)cc1. The molecule has 1 atom stereocenters. The number of phenols is 1. The van der Waals surface area contributed by atoms with Crippen LogP contribution in [0.4, 0.5) is 10.1 Å². The number of aromatic hydroxyl groups is 1. The van der Waals surface area contributed by atoms with Crippen LogP contribution < -0.4 is 15.5 Å². The third kappa shape index (κ3) is 7.64. The highest BCUT2D eigenvalue weighted by Crippen LogP contribution is 2.19. The summed E-state index contributed by atoms with van der Waals surface area (Å²) in [5.74, 6) is -0.811. The lowest BCUT2D eigenvalue weighted by Gasteiger charge is -2.24. The standard InChI is InChI=1S/C26H28FN3O3/c1-19(21-7-9-22(27)10-8-21)29-25(32)17-28-26(33)18-30(23-11-13-24(31)14-12-23)16-15-20-5-3-2-4-6-20/h2-14,19,31H,15-18H2,1H3,(H,28,33)(H,29,32). The molecule has 0 aliphatic carbocycles. The number of nitrogens with one attached hydrogen (secondary N) is 2. The zero-order valence-corrected chi connectivity index (χ0v) is 18.5. The molecule has 0 saturated heterocycles. The average molecular weight is 450 g/mol. The lowest BCUT2D eigenvalue weighted by atomic mass is 10.1. The number of anilines is 1. The Hall–Kier alpha value is -3.87. The number of halogens is 1. The predicted octanol–water partition coefficient (Wildman–Crippen LogP) is 3.57. The summed E-state index contributed by atoms with van der Waals surface area (Å²) < 4.78 is 13.1. The zero-order valence-electron chi connectivity index (χ0n) is 18.5. The van der Waals surface area contributed by atoms with E-state index in [0.29, 0.717) is 6.54 Å². The first-order valence-corrected chi connectivity index (χ1v) is 10.8. The minimum Gasteiger partial charge on any atom is -0.508 e. The summed E-state index contributed by atoms with van der Waals surface area (Å²) in [6.07, 6.45) is 0.741. The molecule has 6 nitrogen and oxygen atoms in total. The second-order valence-corrected chi connectivity index (χ2v) is 7.79. The number of carbonyl (C=O) groups is 2. The van der Waals surface area contributed by atoms with Crippen molar-refractivity contribution in [2.45, 2.75) is 19.4 Å². The molecular weight excluding hydrogens is 421 g/mol. The van der Waals surface area contributed by atoms with E-state index in [4.69, 9.17) is 0 Å². The van der Waals surface area contributed by atoms with Crippen LogP contribution in [0.1, 0.15) is 24.1 Å². The van der Waals surface area contributed by atoms with Crippen LogP contribution in [-0.4, -0.2) is 36.6 Å². The zero-order chi connectivity index (χ0) is 23.6. The van der Waals surface area contributed by atoms with Crippen molar-refractivity contribution in [3.05, 3.63) is 95.8 Å². The van der Waals surface area contributed by atoms with Crippen molar-refractivity contribution in [3.63, 3.8) is 0 Å². The van der Waals surface area contributed by atoms with E-state index in [-0.39, 0.29) is 42.5 Å². The molecule has 7 heteroatoms. The van der Waals surface area contributed by atoms with Gasteiger partial charge >= 0.3 is 0 Å². The summed E-state index contributed by atoms with van der Waals surface area (Å²) in [7, 11) is 0. The Labute approximate surface area is 193 Å². The van der Waals surface area contributed by atoms with Gasteiger partial charge in [0.2, 0.25) is 11.8 Å². The Morgan fingerprint density at radius 3 is 2.27 bits per heavy atom. The Kier molecular flexibility index (Phi) is 8.41. The molecule has 172 valence electrons. The lowest BCUT2D eigenvalue weighted by Crippen LogP contribution is -2.43. The number of carbonyl (C=O) groups excluding carboxylic acids is 2. The summed E-state index contributed by atoms with van der Waals surface area (Å²) in [6.45, 7) is 2.30. The van der Waals surface area contributed by atoms with Crippen molar-refractivity contribution in [2.75, 3.05) is 24.5 Å². The predicted molar refractivity (Wildman–Crippen MR) is 126 cm³/mol. The number of benzene rings is 3. The molecule has 0 saturated carbocycles. The molecule has 3 aromatic carbocycles. The van der Waals surface area contributed by atoms with E-state index < -0.39 is 0 Å². The van der Waals surface area contributed by atoms with E-state index in [9.17, 15) is 19.1 Å². The van der Waals surface area contributed by atoms with Gasteiger partial charge in [-0.15, -0.1) is 0 Å². The molecule has 0 aliphatic rings. The molecule has 3 aromatic rings. The quantitative estimate of drug-likeness (QED) is 0.442. The van der Waals surface area contributed by atoms with Gasteiger partial charge in [0.1, 0.15) is 11.6 Å². The molecule has 33 heavy (non-hydrogen) atoms. The fourth-order valence-corrected chi connectivity index (χ4v) is 3.41. The highest BCUT2D eigenvalue weighted by atomic mass is 19.1. The van der Waals surface area contributed by atoms with E-state index in [1.54, 1.807) is 43.3 Å². The molecule has 3 rings (SSSR count). The van der Waals surface area contributed by atoms with Crippen LogP contribution in [0.25, 0.3) is 0 Å². The van der Waals surface area contributed by atoms with Crippen molar-refractivity contribution in [3.8, 4) is 5.75 Å². The monoisotopic (exact) mass is 449 g/mol. The number of amides is 2. The van der Waals surface area contributed by atoms with Crippen LogP contribution in [0, 0.1) is 5.82 Å². The van der Waals surface area contributed by atoms with Gasteiger partial charge in [-0.1, -0.05) is 42.5 Å². The summed E-state index contributed by atoms with van der Waals surface area (Å²) in [5.41, 5.74) is 2.72. The topological polar surface area (TPSA) is 81.7 Å². The van der Waals surface area contributed by atoms with Crippen molar-refractivity contribution >= 4 is 17.5 Å².